The monoisotopic (exact) mass is 321 g/mol. The van der Waals surface area contributed by atoms with E-state index in [0.29, 0.717) is 19.1 Å². The number of hydrogen-bond acceptors (Lipinski definition) is 3. The summed E-state index contributed by atoms with van der Waals surface area (Å²) in [6, 6.07) is 6.83. The lowest BCUT2D eigenvalue weighted by Crippen LogP contribution is -2.55. The first-order valence-electron chi connectivity index (χ1n) is 8.27. The van der Waals surface area contributed by atoms with E-state index in [1.165, 1.54) is 12.1 Å². The molecule has 0 aromatic heterocycles. The minimum atomic E-state index is -0.305. The number of halogens is 1. The van der Waals surface area contributed by atoms with Crippen molar-refractivity contribution < 1.29 is 9.18 Å². The number of nitrogens with one attached hydrogen (secondary N) is 1. The summed E-state index contributed by atoms with van der Waals surface area (Å²) >= 11 is 0. The molecule has 1 amide bonds. The number of piperazine rings is 1. The Kier molecular flexibility index (Phi) is 5.76. The summed E-state index contributed by atoms with van der Waals surface area (Å²) in [5, 5.41) is 3.34. The molecular weight excluding hydrogens is 293 g/mol. The van der Waals surface area contributed by atoms with Gasteiger partial charge in [-0.05, 0) is 45.4 Å². The maximum atomic E-state index is 13.4. The molecule has 1 aliphatic heterocycles. The average Bonchev–Trinajstić information content (AvgIpc) is 2.46. The highest BCUT2D eigenvalue weighted by atomic mass is 19.1. The molecule has 2 rings (SSSR count). The summed E-state index contributed by atoms with van der Waals surface area (Å²) < 4.78 is 13.4. The van der Waals surface area contributed by atoms with Crippen LogP contribution in [-0.2, 0) is 11.3 Å². The largest absolute Gasteiger partial charge is 0.332 e. The van der Waals surface area contributed by atoms with E-state index in [-0.39, 0.29) is 17.3 Å². The molecule has 1 aromatic rings. The molecule has 1 atom stereocenters. The Morgan fingerprint density at radius 1 is 1.43 bits per heavy atom. The van der Waals surface area contributed by atoms with Crippen LogP contribution in [0.4, 0.5) is 4.39 Å². The van der Waals surface area contributed by atoms with Crippen LogP contribution in [0.25, 0.3) is 0 Å². The third-order valence-electron chi connectivity index (χ3n) is 4.32. The van der Waals surface area contributed by atoms with Crippen LogP contribution in [0.15, 0.2) is 24.3 Å². The maximum Gasteiger partial charge on any atom is 0.237 e. The third-order valence-corrected chi connectivity index (χ3v) is 4.32. The molecule has 0 radical (unpaired) electrons. The lowest BCUT2D eigenvalue weighted by Gasteiger charge is -2.39. The minimum Gasteiger partial charge on any atom is -0.332 e. The molecule has 1 aliphatic rings. The van der Waals surface area contributed by atoms with E-state index in [4.69, 9.17) is 0 Å². The second kappa shape index (κ2) is 7.41. The van der Waals surface area contributed by atoms with Gasteiger partial charge in [-0.1, -0.05) is 12.1 Å². The second-order valence-corrected chi connectivity index (χ2v) is 7.30. The van der Waals surface area contributed by atoms with Crippen LogP contribution < -0.4 is 5.32 Å². The number of carbonyl (C=O) groups is 1. The predicted octanol–water partition coefficient (Wildman–Crippen LogP) is 2.25. The zero-order valence-corrected chi connectivity index (χ0v) is 14.6. The van der Waals surface area contributed by atoms with Crippen molar-refractivity contribution in [1.82, 2.24) is 15.1 Å². The molecule has 1 heterocycles. The van der Waals surface area contributed by atoms with Crippen molar-refractivity contribution in [2.24, 2.45) is 0 Å². The molecular formula is C18H28FN3O. The summed E-state index contributed by atoms with van der Waals surface area (Å²) in [4.78, 5) is 16.9. The van der Waals surface area contributed by atoms with Crippen molar-refractivity contribution in [3.8, 4) is 0 Å². The lowest BCUT2D eigenvalue weighted by molar-refractivity contribution is -0.138. The molecule has 128 valence electrons. The summed E-state index contributed by atoms with van der Waals surface area (Å²) in [6.07, 6.45) is 0. The summed E-state index contributed by atoms with van der Waals surface area (Å²) in [6.45, 7) is 11.7. The Balaban J connectivity index is 2.10. The molecule has 1 saturated heterocycles. The topological polar surface area (TPSA) is 35.6 Å². The maximum absolute atomic E-state index is 13.4. The Bertz CT molecular complexity index is 541. The number of nitrogens with zero attached hydrogens (tertiary/aromatic N) is 2. The fourth-order valence-electron chi connectivity index (χ4n) is 2.89. The van der Waals surface area contributed by atoms with Gasteiger partial charge in [-0.25, -0.2) is 4.39 Å². The summed E-state index contributed by atoms with van der Waals surface area (Å²) in [5.74, 6) is -0.171. The second-order valence-electron chi connectivity index (χ2n) is 7.30. The van der Waals surface area contributed by atoms with Gasteiger partial charge in [0.25, 0.3) is 0 Å². The van der Waals surface area contributed by atoms with Crippen LogP contribution in [0.5, 0.6) is 0 Å². The van der Waals surface area contributed by atoms with Crippen LogP contribution in [-0.4, -0.2) is 53.5 Å². The summed E-state index contributed by atoms with van der Waals surface area (Å²) in [7, 11) is 0. The first-order valence-corrected chi connectivity index (χ1v) is 8.27. The van der Waals surface area contributed by atoms with Gasteiger partial charge in [-0.3, -0.25) is 9.69 Å². The Morgan fingerprint density at radius 3 is 2.78 bits per heavy atom. The Hall–Kier alpha value is -1.46. The van der Waals surface area contributed by atoms with E-state index in [1.807, 2.05) is 31.7 Å². The van der Waals surface area contributed by atoms with Crippen LogP contribution in [0.3, 0.4) is 0 Å². The lowest BCUT2D eigenvalue weighted by atomic mass is 10.0. The van der Waals surface area contributed by atoms with Gasteiger partial charge >= 0.3 is 0 Å². The SMILES string of the molecule is C[C@@H]1CNCCN1CC(=O)N(Cc1cccc(F)c1)C(C)(C)C. The standard InChI is InChI=1S/C18H28FN3O/c1-14-11-20-8-9-21(14)13-17(23)22(18(2,3)4)12-15-6-5-7-16(19)10-15/h5-7,10,14,20H,8-9,11-13H2,1-4H3/t14-/m1/s1. The van der Waals surface area contributed by atoms with Gasteiger partial charge in [0.1, 0.15) is 5.82 Å². The number of rotatable bonds is 4. The van der Waals surface area contributed by atoms with Crippen molar-refractivity contribution in [1.29, 1.82) is 0 Å². The molecule has 4 nitrogen and oxygen atoms in total. The Morgan fingerprint density at radius 2 is 2.17 bits per heavy atom. The van der Waals surface area contributed by atoms with Crippen molar-refractivity contribution in [2.75, 3.05) is 26.2 Å². The van der Waals surface area contributed by atoms with E-state index in [2.05, 4.69) is 17.1 Å². The molecule has 0 bridgehead atoms. The van der Waals surface area contributed by atoms with Crippen molar-refractivity contribution >= 4 is 5.91 Å². The molecule has 1 fully saturated rings. The third kappa shape index (κ3) is 5.01. The molecule has 0 spiro atoms. The van der Waals surface area contributed by atoms with Gasteiger partial charge in [0, 0.05) is 37.8 Å². The van der Waals surface area contributed by atoms with Crippen LogP contribution in [0.1, 0.15) is 33.3 Å². The van der Waals surface area contributed by atoms with Gasteiger partial charge in [-0.2, -0.15) is 0 Å². The molecule has 0 unspecified atom stereocenters. The van der Waals surface area contributed by atoms with E-state index < -0.39 is 0 Å². The van der Waals surface area contributed by atoms with Crippen molar-refractivity contribution in [2.45, 2.75) is 45.8 Å². The Labute approximate surface area is 138 Å². The number of carbonyl (C=O) groups excluding carboxylic acids is 1. The number of hydrogen-bond donors (Lipinski definition) is 1. The summed E-state index contributed by atoms with van der Waals surface area (Å²) in [5.41, 5.74) is 0.516. The van der Waals surface area contributed by atoms with E-state index >= 15 is 0 Å². The quantitative estimate of drug-likeness (QED) is 0.924. The highest BCUT2D eigenvalue weighted by molar-refractivity contribution is 5.79. The number of benzene rings is 1. The van der Waals surface area contributed by atoms with Gasteiger partial charge in [-0.15, -0.1) is 0 Å². The smallest absolute Gasteiger partial charge is 0.237 e. The normalized spacial score (nSPS) is 19.6. The minimum absolute atomic E-state index is 0.0931. The molecule has 5 heteroatoms. The molecule has 0 aliphatic carbocycles. The van der Waals surface area contributed by atoms with E-state index in [0.717, 1.165) is 25.2 Å². The average molecular weight is 321 g/mol. The first kappa shape index (κ1) is 17.9. The highest BCUT2D eigenvalue weighted by Crippen LogP contribution is 2.19. The highest BCUT2D eigenvalue weighted by Gasteiger charge is 2.29. The predicted molar refractivity (Wildman–Crippen MR) is 90.6 cm³/mol. The molecule has 23 heavy (non-hydrogen) atoms. The first-order chi connectivity index (χ1) is 10.8. The van der Waals surface area contributed by atoms with Gasteiger partial charge < -0.3 is 10.2 Å². The fraction of sp³-hybridized carbons (Fsp3) is 0.611. The van der Waals surface area contributed by atoms with E-state index in [1.54, 1.807) is 6.07 Å². The van der Waals surface area contributed by atoms with Crippen molar-refractivity contribution in [3.05, 3.63) is 35.6 Å². The van der Waals surface area contributed by atoms with Gasteiger partial charge in [0.15, 0.2) is 0 Å². The zero-order chi connectivity index (χ0) is 17.0. The number of amides is 1. The van der Waals surface area contributed by atoms with Crippen LogP contribution in [0, 0.1) is 5.82 Å². The molecule has 1 aromatic carbocycles. The molecule has 0 saturated carbocycles. The molecule has 1 N–H and O–H groups in total. The van der Waals surface area contributed by atoms with E-state index in [9.17, 15) is 9.18 Å². The van der Waals surface area contributed by atoms with Crippen molar-refractivity contribution in [3.63, 3.8) is 0 Å². The van der Waals surface area contributed by atoms with Crippen LogP contribution in [0.2, 0.25) is 0 Å². The van der Waals surface area contributed by atoms with Gasteiger partial charge in [0.2, 0.25) is 5.91 Å². The zero-order valence-electron chi connectivity index (χ0n) is 14.6. The van der Waals surface area contributed by atoms with Gasteiger partial charge in [0.05, 0.1) is 6.54 Å². The van der Waals surface area contributed by atoms with Crippen LogP contribution >= 0.6 is 0 Å². The fourth-order valence-corrected chi connectivity index (χ4v) is 2.89.